The third kappa shape index (κ3) is 5.68. The molecule has 0 saturated carbocycles. The number of hydrogen-bond acceptors (Lipinski definition) is 17. The van der Waals surface area contributed by atoms with Crippen LogP contribution in [-0.2, 0) is 14.2 Å². The first-order chi connectivity index (χ1) is 20.8. The van der Waals surface area contributed by atoms with E-state index in [0.29, 0.717) is 0 Å². The van der Waals surface area contributed by atoms with Crippen LogP contribution in [0, 0.1) is 4.91 Å². The van der Waals surface area contributed by atoms with E-state index in [4.69, 9.17) is 23.4 Å². The lowest BCUT2D eigenvalue weighted by Crippen LogP contribution is -2.61. The van der Waals surface area contributed by atoms with Crippen molar-refractivity contribution in [2.45, 2.75) is 68.3 Å². The lowest BCUT2D eigenvalue weighted by Gasteiger charge is -2.42. The first kappa shape index (κ1) is 31.5. The topological polar surface area (TPSA) is 279 Å². The molecule has 0 amide bonds. The molecule has 2 aromatic carbocycles. The van der Waals surface area contributed by atoms with Crippen molar-refractivity contribution in [3.8, 4) is 34.3 Å². The van der Waals surface area contributed by atoms with Crippen LogP contribution in [0.3, 0.4) is 0 Å². The van der Waals surface area contributed by atoms with Gasteiger partial charge in [0, 0.05) is 17.7 Å². The molecule has 10 atom stereocenters. The summed E-state index contributed by atoms with van der Waals surface area (Å²) in [7, 11) is 0. The van der Waals surface area contributed by atoms with Gasteiger partial charge in [-0.3, -0.25) is 4.79 Å². The highest BCUT2D eigenvalue weighted by Crippen LogP contribution is 2.40. The summed E-state index contributed by atoms with van der Waals surface area (Å²) in [5, 5.41) is 94.3. The van der Waals surface area contributed by atoms with Crippen LogP contribution >= 0.6 is 0 Å². The molecule has 2 fully saturated rings. The molecule has 10 unspecified atom stereocenters. The zero-order valence-electron chi connectivity index (χ0n) is 22.7. The minimum atomic E-state index is -1.99. The summed E-state index contributed by atoms with van der Waals surface area (Å²) in [4.78, 5) is 24.8. The highest BCUT2D eigenvalue weighted by atomic mass is 16.7. The van der Waals surface area contributed by atoms with E-state index in [9.17, 15) is 55.7 Å². The van der Waals surface area contributed by atoms with Gasteiger partial charge in [-0.05, 0) is 30.3 Å². The van der Waals surface area contributed by atoms with Crippen molar-refractivity contribution in [3.05, 3.63) is 45.5 Å². The quantitative estimate of drug-likeness (QED) is 0.143. The molecular formula is C27H29NO16. The monoisotopic (exact) mass is 623 g/mol. The second kappa shape index (κ2) is 12.2. The number of nitroso groups, excluding NO2 is 1. The number of rotatable bonds is 7. The summed E-state index contributed by atoms with van der Waals surface area (Å²) in [6.45, 7) is 0.799. The molecule has 0 aliphatic carbocycles. The Morgan fingerprint density at radius 2 is 1.50 bits per heavy atom. The first-order valence-electron chi connectivity index (χ1n) is 13.2. The zero-order chi connectivity index (χ0) is 32.0. The van der Waals surface area contributed by atoms with E-state index >= 15 is 0 Å². The first-order valence-corrected chi connectivity index (χ1v) is 13.2. The number of hydrogen-bond donors (Lipinski definition) is 9. The third-order valence-corrected chi connectivity index (χ3v) is 7.39. The minimum Gasteiger partial charge on any atom is -0.508 e. The van der Waals surface area contributed by atoms with Crippen LogP contribution < -0.4 is 10.2 Å². The van der Waals surface area contributed by atoms with E-state index in [2.05, 4.69) is 5.18 Å². The number of fused-ring (bicyclic) bond motifs is 1. The predicted octanol–water partition coefficient (Wildman–Crippen LogP) is -0.995. The fraction of sp³-hybridized carbons (Fsp3) is 0.444. The molecule has 17 heteroatoms. The van der Waals surface area contributed by atoms with Gasteiger partial charge in [0.25, 0.3) is 0 Å². The second-order valence-corrected chi connectivity index (χ2v) is 10.4. The van der Waals surface area contributed by atoms with Gasteiger partial charge >= 0.3 is 0 Å². The summed E-state index contributed by atoms with van der Waals surface area (Å²) in [5.41, 5.74) is -1.86. The van der Waals surface area contributed by atoms with Gasteiger partial charge < -0.3 is 69.3 Å². The standard InChI is InChI=1S/C27H29NO16/c1-8-17(32)20(35)22(37)26(41-8)40-7-15-18(33)21(36)23(38)27(43-15)44-25-19(34)16-13(31)5-10(29)6-14(16)42-24(25)9-2-3-12(30)11(4-9)28-39/h2-6,8,15,17-18,20-23,26-27,29-33,35-38H,7H2,1H3. The molecule has 0 radical (unpaired) electrons. The Bertz CT molecular complexity index is 1590. The van der Waals surface area contributed by atoms with Crippen LogP contribution in [0.25, 0.3) is 22.3 Å². The summed E-state index contributed by atoms with van der Waals surface area (Å²) < 4.78 is 27.8. The Morgan fingerprint density at radius 1 is 0.818 bits per heavy atom. The molecule has 9 N–H and O–H groups in total. The Labute approximate surface area is 246 Å². The average Bonchev–Trinajstić information content (AvgIpc) is 2.98. The van der Waals surface area contributed by atoms with Crippen molar-refractivity contribution >= 4 is 16.7 Å². The van der Waals surface area contributed by atoms with Gasteiger partial charge in [0.15, 0.2) is 12.1 Å². The molecule has 2 saturated heterocycles. The van der Waals surface area contributed by atoms with Gasteiger partial charge in [-0.2, -0.15) is 0 Å². The molecule has 17 nitrogen and oxygen atoms in total. The fourth-order valence-corrected chi connectivity index (χ4v) is 4.91. The number of nitrogens with zero attached hydrogens (tertiary/aromatic N) is 1. The average molecular weight is 624 g/mol. The molecule has 238 valence electrons. The Kier molecular flexibility index (Phi) is 8.76. The van der Waals surface area contributed by atoms with Crippen molar-refractivity contribution in [2.24, 2.45) is 5.18 Å². The largest absolute Gasteiger partial charge is 0.508 e. The Hall–Kier alpha value is -3.91. The van der Waals surface area contributed by atoms with E-state index in [1.165, 1.54) is 13.0 Å². The van der Waals surface area contributed by atoms with Crippen LogP contribution in [0.2, 0.25) is 0 Å². The van der Waals surface area contributed by atoms with E-state index < -0.39 is 113 Å². The van der Waals surface area contributed by atoms with Gasteiger partial charge in [-0.15, -0.1) is 4.91 Å². The fourth-order valence-electron chi connectivity index (χ4n) is 4.91. The van der Waals surface area contributed by atoms with E-state index in [1.54, 1.807) is 0 Å². The van der Waals surface area contributed by atoms with Crippen LogP contribution in [0.4, 0.5) is 5.69 Å². The summed E-state index contributed by atoms with van der Waals surface area (Å²) in [6, 6.07) is 5.20. The number of aliphatic hydroxyl groups is 6. The molecule has 2 aliphatic rings. The maximum absolute atomic E-state index is 13.6. The number of phenols is 3. The maximum Gasteiger partial charge on any atom is 0.239 e. The van der Waals surface area contributed by atoms with Crippen LogP contribution in [0.1, 0.15) is 6.92 Å². The van der Waals surface area contributed by atoms with Crippen molar-refractivity contribution in [1.82, 2.24) is 0 Å². The SMILES string of the molecule is CC1OC(OCC2OC(Oc3c(-c4ccc(O)c(N=O)c4)oc4cc(O)cc(O)c4c3=O)C(O)C(O)C2O)C(O)C(O)C1O. The van der Waals surface area contributed by atoms with Crippen LogP contribution in [-0.4, -0.2) is 114 Å². The zero-order valence-corrected chi connectivity index (χ0v) is 22.7. The molecular weight excluding hydrogens is 594 g/mol. The van der Waals surface area contributed by atoms with Gasteiger partial charge in [-0.1, -0.05) is 0 Å². The highest BCUT2D eigenvalue weighted by Gasteiger charge is 2.47. The molecule has 2 aliphatic heterocycles. The Balaban J connectivity index is 1.49. The smallest absolute Gasteiger partial charge is 0.239 e. The molecule has 5 rings (SSSR count). The summed E-state index contributed by atoms with van der Waals surface area (Å²) in [5.74, 6) is -2.81. The molecule has 3 aromatic rings. The minimum absolute atomic E-state index is 0.0571. The number of benzene rings is 2. The van der Waals surface area contributed by atoms with Gasteiger partial charge in [-0.25, -0.2) is 0 Å². The molecule has 1 aromatic heterocycles. The van der Waals surface area contributed by atoms with Crippen molar-refractivity contribution in [1.29, 1.82) is 0 Å². The summed E-state index contributed by atoms with van der Waals surface area (Å²) in [6.07, 6.45) is -16.3. The molecule has 0 spiro atoms. The lowest BCUT2D eigenvalue weighted by atomic mass is 9.98. The van der Waals surface area contributed by atoms with Crippen molar-refractivity contribution in [3.63, 3.8) is 0 Å². The van der Waals surface area contributed by atoms with E-state index in [0.717, 1.165) is 24.3 Å². The molecule has 0 bridgehead atoms. The Morgan fingerprint density at radius 3 is 2.20 bits per heavy atom. The predicted molar refractivity (Wildman–Crippen MR) is 144 cm³/mol. The molecule has 3 heterocycles. The van der Waals surface area contributed by atoms with Crippen LogP contribution in [0.5, 0.6) is 23.0 Å². The van der Waals surface area contributed by atoms with E-state index in [1.807, 2.05) is 0 Å². The van der Waals surface area contributed by atoms with Gasteiger partial charge in [0.2, 0.25) is 17.5 Å². The normalized spacial score (nSPS) is 32.4. The molecule has 44 heavy (non-hydrogen) atoms. The van der Waals surface area contributed by atoms with E-state index in [-0.39, 0.29) is 11.1 Å². The number of aromatic hydroxyl groups is 3. The number of ether oxygens (including phenoxy) is 4. The van der Waals surface area contributed by atoms with Crippen molar-refractivity contribution in [2.75, 3.05) is 6.61 Å². The van der Waals surface area contributed by atoms with Gasteiger partial charge in [0.1, 0.15) is 76.6 Å². The van der Waals surface area contributed by atoms with Crippen molar-refractivity contribution < 1.29 is 69.3 Å². The summed E-state index contributed by atoms with van der Waals surface area (Å²) >= 11 is 0. The maximum atomic E-state index is 13.6. The lowest BCUT2D eigenvalue weighted by molar-refractivity contribution is -0.318. The number of phenolic OH excluding ortho intramolecular Hbond substituents is 3. The highest BCUT2D eigenvalue weighted by molar-refractivity contribution is 5.88. The van der Waals surface area contributed by atoms with Gasteiger partial charge in [0.05, 0.1) is 12.7 Å². The third-order valence-electron chi connectivity index (χ3n) is 7.39. The number of aliphatic hydroxyl groups excluding tert-OH is 6. The van der Waals surface area contributed by atoms with Crippen LogP contribution in [0.15, 0.2) is 44.7 Å². The second-order valence-electron chi connectivity index (χ2n) is 10.4.